The third kappa shape index (κ3) is 6.61. The van der Waals surface area contributed by atoms with Gasteiger partial charge in [-0.3, -0.25) is 9.59 Å². The zero-order chi connectivity index (χ0) is 26.8. The van der Waals surface area contributed by atoms with Crippen LogP contribution < -0.4 is 0 Å². The third-order valence-electron chi connectivity index (χ3n) is 8.00. The Morgan fingerprint density at radius 1 is 1.25 bits per heavy atom. The number of ketones is 1. The van der Waals surface area contributed by atoms with Crippen molar-refractivity contribution in [2.75, 3.05) is 0 Å². The number of ether oxygens (including phenoxy) is 2. The first-order valence-corrected chi connectivity index (χ1v) is 13.7. The number of hydrogen-bond donors (Lipinski definition) is 3. The number of aliphatic hydroxyl groups excluding tert-OH is 3. The molecular formula is C27H41NO7S. The summed E-state index contributed by atoms with van der Waals surface area (Å²) in [6.07, 6.45) is 1.60. The molecule has 2 aliphatic rings. The van der Waals surface area contributed by atoms with Gasteiger partial charge < -0.3 is 24.8 Å². The van der Waals surface area contributed by atoms with E-state index in [1.807, 2.05) is 32.2 Å². The normalized spacial score (nSPS) is 36.8. The van der Waals surface area contributed by atoms with Gasteiger partial charge in [0.05, 0.1) is 48.0 Å². The molecule has 0 spiro atoms. The van der Waals surface area contributed by atoms with E-state index in [0.29, 0.717) is 17.1 Å². The molecule has 8 nitrogen and oxygen atoms in total. The molecule has 7 atom stereocenters. The molecule has 0 aliphatic carbocycles. The number of nitrogens with zero attached hydrogens (tertiary/aromatic N) is 1. The van der Waals surface area contributed by atoms with Crippen molar-refractivity contribution >= 4 is 29.2 Å². The van der Waals surface area contributed by atoms with Gasteiger partial charge in [0.1, 0.15) is 16.9 Å². The Morgan fingerprint density at radius 2 is 1.94 bits per heavy atom. The van der Waals surface area contributed by atoms with Crippen LogP contribution in [0.3, 0.4) is 0 Å². The lowest BCUT2D eigenvalue weighted by molar-refractivity contribution is -0.154. The average Bonchev–Trinajstić information content (AvgIpc) is 3.23. The van der Waals surface area contributed by atoms with Crippen LogP contribution in [-0.4, -0.2) is 62.1 Å². The zero-order valence-electron chi connectivity index (χ0n) is 22.2. The van der Waals surface area contributed by atoms with E-state index in [2.05, 4.69) is 4.98 Å². The molecule has 1 aromatic rings. The summed E-state index contributed by atoms with van der Waals surface area (Å²) < 4.78 is 11.9. The van der Waals surface area contributed by atoms with Crippen LogP contribution >= 0.6 is 11.3 Å². The molecule has 3 rings (SSSR count). The highest BCUT2D eigenvalue weighted by Gasteiger charge is 2.53. The average molecular weight is 524 g/mol. The molecule has 2 saturated heterocycles. The molecule has 3 heterocycles. The van der Waals surface area contributed by atoms with Gasteiger partial charge in [0.15, 0.2) is 0 Å². The zero-order valence-corrected chi connectivity index (χ0v) is 23.0. The highest BCUT2D eigenvalue weighted by molar-refractivity contribution is 7.09. The van der Waals surface area contributed by atoms with E-state index in [1.54, 1.807) is 20.8 Å². The summed E-state index contributed by atoms with van der Waals surface area (Å²) >= 11 is 1.35. The summed E-state index contributed by atoms with van der Waals surface area (Å²) in [5.74, 6) is -1.64. The summed E-state index contributed by atoms with van der Waals surface area (Å²) in [4.78, 5) is 30.5. The van der Waals surface area contributed by atoms with Crippen LogP contribution in [0.2, 0.25) is 0 Å². The Hall–Kier alpha value is -1.65. The molecule has 3 N–H and O–H groups in total. The maximum Gasteiger partial charge on any atom is 0.309 e. The van der Waals surface area contributed by atoms with Crippen molar-refractivity contribution < 1.29 is 34.4 Å². The van der Waals surface area contributed by atoms with Gasteiger partial charge in [-0.25, -0.2) is 4.98 Å². The number of fused-ring (bicyclic) bond motifs is 1. The Balaban J connectivity index is 1.85. The van der Waals surface area contributed by atoms with Crippen LogP contribution in [0.5, 0.6) is 0 Å². The van der Waals surface area contributed by atoms with E-state index in [4.69, 9.17) is 9.47 Å². The van der Waals surface area contributed by atoms with Crippen LogP contribution in [0.15, 0.2) is 11.0 Å². The fourth-order valence-corrected chi connectivity index (χ4v) is 5.69. The number of aliphatic hydroxyl groups is 3. The lowest BCUT2D eigenvalue weighted by atomic mass is 9.73. The number of aromatic nitrogens is 1. The number of rotatable bonds is 3. The van der Waals surface area contributed by atoms with Crippen molar-refractivity contribution in [1.82, 2.24) is 4.98 Å². The highest BCUT2D eigenvalue weighted by atomic mass is 32.1. The minimum absolute atomic E-state index is 0.0860. The van der Waals surface area contributed by atoms with Crippen molar-refractivity contribution in [2.45, 2.75) is 110 Å². The molecule has 1 aromatic heterocycles. The number of esters is 1. The minimum atomic E-state index is -1.26. The van der Waals surface area contributed by atoms with Gasteiger partial charge in [-0.05, 0) is 44.3 Å². The summed E-state index contributed by atoms with van der Waals surface area (Å²) in [7, 11) is 0. The van der Waals surface area contributed by atoms with Gasteiger partial charge in [0, 0.05) is 17.7 Å². The van der Waals surface area contributed by atoms with Crippen LogP contribution in [0.1, 0.15) is 84.3 Å². The molecule has 0 amide bonds. The first kappa shape index (κ1) is 28.9. The lowest BCUT2D eigenvalue weighted by Crippen LogP contribution is -2.45. The van der Waals surface area contributed by atoms with Gasteiger partial charge >= 0.3 is 5.97 Å². The number of epoxide rings is 1. The first-order chi connectivity index (χ1) is 16.8. The summed E-state index contributed by atoms with van der Waals surface area (Å²) in [5, 5.41) is 33.4. The van der Waals surface area contributed by atoms with Gasteiger partial charge in [-0.15, -0.1) is 11.3 Å². The molecule has 0 unspecified atom stereocenters. The standard InChI is InChI=1S/C27H41NO7S/c1-15-8-7-9-27(6)21(35-27)11-19(16(2)10-18-14-36-22(13-29)28-18)34-23(31)12-20(30)26(4,5)25(33)17(3)24(15)32/h10,14-15,17,19-21,24,29-30,32H,7-9,11-13H2,1-6H3/t15-,17+,19-,20-,21+,24-,27+/m1/s1. The van der Waals surface area contributed by atoms with Crippen LogP contribution in [0.25, 0.3) is 6.08 Å². The first-order valence-electron chi connectivity index (χ1n) is 12.8. The predicted molar refractivity (Wildman–Crippen MR) is 137 cm³/mol. The molecule has 0 aromatic carbocycles. The number of Topliss-reactive ketones (excluding diaryl/α,β-unsaturated/α-hetero) is 1. The Kier molecular flexibility index (Phi) is 9.15. The topological polar surface area (TPSA) is 129 Å². The molecule has 0 saturated carbocycles. The molecule has 2 fully saturated rings. The summed E-state index contributed by atoms with van der Waals surface area (Å²) in [6, 6.07) is 0. The summed E-state index contributed by atoms with van der Waals surface area (Å²) in [5.41, 5.74) is -0.0964. The van der Waals surface area contributed by atoms with E-state index < -0.39 is 35.6 Å². The highest BCUT2D eigenvalue weighted by Crippen LogP contribution is 2.45. The maximum absolute atomic E-state index is 13.2. The SMILES string of the molecule is CC(=Cc1csc(CO)n1)[C@H]1C[C@@H]2O[C@@]2(C)CCC[C@@H](C)[C@@H](O)[C@H](C)C(=O)C(C)(C)[C@H](O)CC(=O)O1. The Bertz CT molecular complexity index is 973. The smallest absolute Gasteiger partial charge is 0.309 e. The Labute approximate surface area is 217 Å². The van der Waals surface area contributed by atoms with Crippen molar-refractivity contribution in [3.63, 3.8) is 0 Å². The second-order valence-corrected chi connectivity index (χ2v) is 12.2. The fraction of sp³-hybridized carbons (Fsp3) is 0.741. The molecular weight excluding hydrogens is 482 g/mol. The molecule has 202 valence electrons. The van der Waals surface area contributed by atoms with E-state index in [9.17, 15) is 24.9 Å². The number of thiazole rings is 1. The number of carbonyl (C=O) groups is 2. The molecule has 0 bridgehead atoms. The van der Waals surface area contributed by atoms with E-state index >= 15 is 0 Å². The Morgan fingerprint density at radius 3 is 2.58 bits per heavy atom. The number of carbonyl (C=O) groups excluding carboxylic acids is 2. The second-order valence-electron chi connectivity index (χ2n) is 11.3. The molecule has 9 heteroatoms. The van der Waals surface area contributed by atoms with Crippen molar-refractivity contribution in [1.29, 1.82) is 0 Å². The third-order valence-corrected chi connectivity index (χ3v) is 8.85. The second kappa shape index (κ2) is 11.4. The lowest BCUT2D eigenvalue weighted by Gasteiger charge is -2.34. The largest absolute Gasteiger partial charge is 0.458 e. The monoisotopic (exact) mass is 523 g/mol. The van der Waals surface area contributed by atoms with Crippen molar-refractivity contribution in [2.24, 2.45) is 17.3 Å². The van der Waals surface area contributed by atoms with Gasteiger partial charge in [-0.1, -0.05) is 34.1 Å². The van der Waals surface area contributed by atoms with Crippen molar-refractivity contribution in [3.8, 4) is 0 Å². The molecule has 36 heavy (non-hydrogen) atoms. The number of hydrogen-bond acceptors (Lipinski definition) is 9. The molecule has 2 aliphatic heterocycles. The van der Waals surface area contributed by atoms with Crippen LogP contribution in [0, 0.1) is 17.3 Å². The van der Waals surface area contributed by atoms with Crippen LogP contribution in [-0.2, 0) is 25.7 Å². The summed E-state index contributed by atoms with van der Waals surface area (Å²) in [6.45, 7) is 10.6. The van der Waals surface area contributed by atoms with Gasteiger partial charge in [0.25, 0.3) is 0 Å². The quantitative estimate of drug-likeness (QED) is 0.404. The van der Waals surface area contributed by atoms with E-state index in [0.717, 1.165) is 24.8 Å². The van der Waals surface area contributed by atoms with E-state index in [-0.39, 0.29) is 36.4 Å². The predicted octanol–water partition coefficient (Wildman–Crippen LogP) is 3.66. The van der Waals surface area contributed by atoms with E-state index in [1.165, 1.54) is 11.3 Å². The molecule has 0 radical (unpaired) electrons. The van der Waals surface area contributed by atoms with Gasteiger partial charge in [0.2, 0.25) is 0 Å². The van der Waals surface area contributed by atoms with Crippen LogP contribution in [0.4, 0.5) is 0 Å². The fourth-order valence-electron chi connectivity index (χ4n) is 5.08. The van der Waals surface area contributed by atoms with Gasteiger partial charge in [-0.2, -0.15) is 0 Å². The van der Waals surface area contributed by atoms with Crippen molar-refractivity contribution in [3.05, 3.63) is 21.7 Å². The minimum Gasteiger partial charge on any atom is -0.458 e. The number of cyclic esters (lactones) is 1. The maximum atomic E-state index is 13.2.